The van der Waals surface area contributed by atoms with Crippen molar-refractivity contribution in [2.45, 2.75) is 67.7 Å². The third-order valence-corrected chi connectivity index (χ3v) is 2.24. The molecule has 0 aromatic carbocycles. The molecule has 1 N–H and O–H groups in total. The first-order valence-electron chi connectivity index (χ1n) is 6.18. The number of hydrogen-bond acceptors (Lipinski definition) is 1. The Balaban J connectivity index is -0.000000170. The lowest BCUT2D eigenvalue weighted by atomic mass is 9.86. The van der Waals surface area contributed by atoms with Gasteiger partial charge in [0, 0.05) is 0 Å². The molecule has 0 saturated heterocycles. The predicted molar refractivity (Wildman–Crippen MR) is 69.9 cm³/mol. The Hall–Kier alpha value is -0.0400. The van der Waals surface area contributed by atoms with Crippen LogP contribution >= 0.6 is 0 Å². The van der Waals surface area contributed by atoms with E-state index in [1.165, 1.54) is 19.3 Å². The molecule has 0 rings (SSSR count). The van der Waals surface area contributed by atoms with Gasteiger partial charge in [-0.1, -0.05) is 61.3 Å². The number of nitrogens with one attached hydrogen (secondary N) is 1. The molecule has 0 amide bonds. The molecule has 0 aliphatic rings. The highest BCUT2D eigenvalue weighted by molar-refractivity contribution is 4.63. The van der Waals surface area contributed by atoms with Gasteiger partial charge in [-0.3, -0.25) is 0 Å². The van der Waals surface area contributed by atoms with Crippen LogP contribution in [0, 0.1) is 5.41 Å². The second-order valence-electron chi connectivity index (χ2n) is 3.97. The zero-order valence-electron chi connectivity index (χ0n) is 11.8. The van der Waals surface area contributed by atoms with E-state index in [1.807, 2.05) is 20.9 Å². The summed E-state index contributed by atoms with van der Waals surface area (Å²) in [5, 5.41) is 2.93. The topological polar surface area (TPSA) is 12.0 Å². The average molecular weight is 203 g/mol. The first-order valence-corrected chi connectivity index (χ1v) is 6.18. The van der Waals surface area contributed by atoms with Gasteiger partial charge in [0.05, 0.1) is 0 Å². The van der Waals surface area contributed by atoms with Crippen molar-refractivity contribution in [3.63, 3.8) is 0 Å². The second-order valence-corrected chi connectivity index (χ2v) is 3.97. The van der Waals surface area contributed by atoms with E-state index in [4.69, 9.17) is 0 Å². The third kappa shape index (κ3) is 22.7. The highest BCUT2D eigenvalue weighted by atomic mass is 14.8. The molecule has 0 saturated carbocycles. The van der Waals surface area contributed by atoms with E-state index in [-0.39, 0.29) is 0 Å². The Bertz CT molecular complexity index is 75.3. The summed E-state index contributed by atoms with van der Waals surface area (Å²) >= 11 is 0. The van der Waals surface area contributed by atoms with Crippen LogP contribution in [0.1, 0.15) is 67.7 Å². The largest absolute Gasteiger partial charge is 0.320 e. The molecule has 0 unspecified atom stereocenters. The van der Waals surface area contributed by atoms with E-state index in [9.17, 15) is 0 Å². The van der Waals surface area contributed by atoms with Crippen LogP contribution in [0.25, 0.3) is 0 Å². The van der Waals surface area contributed by atoms with Gasteiger partial charge in [-0.15, -0.1) is 0 Å². The van der Waals surface area contributed by atoms with Gasteiger partial charge in [0.2, 0.25) is 0 Å². The van der Waals surface area contributed by atoms with Crippen LogP contribution in [0.5, 0.6) is 0 Å². The molecule has 90 valence electrons. The second kappa shape index (κ2) is 15.4. The van der Waals surface area contributed by atoms with Crippen LogP contribution in [-0.4, -0.2) is 13.6 Å². The molecule has 0 aliphatic carbocycles. The lowest BCUT2D eigenvalue weighted by molar-refractivity contribution is 0.319. The molecule has 1 heteroatoms. The summed E-state index contributed by atoms with van der Waals surface area (Å²) in [4.78, 5) is 0. The molecule has 0 spiro atoms. The average Bonchev–Trinajstić information content (AvgIpc) is 2.21. The Morgan fingerprint density at radius 3 is 1.43 bits per heavy atom. The summed E-state index contributed by atoms with van der Waals surface area (Å²) in [5.41, 5.74) is 0.592. The quantitative estimate of drug-likeness (QED) is 0.710. The summed E-state index contributed by atoms with van der Waals surface area (Å²) in [6, 6.07) is 0. The van der Waals surface area contributed by atoms with Gasteiger partial charge in [0.15, 0.2) is 0 Å². The Kier molecular flexibility index (Phi) is 21.5. The normalized spacial score (nSPS) is 9.43. The van der Waals surface area contributed by atoms with Gasteiger partial charge >= 0.3 is 0 Å². The monoisotopic (exact) mass is 203 g/mol. The van der Waals surface area contributed by atoms with Crippen molar-refractivity contribution in [3.05, 3.63) is 0 Å². The lowest BCUT2D eigenvalue weighted by Gasteiger charge is -2.20. The van der Waals surface area contributed by atoms with Crippen LogP contribution in [0.2, 0.25) is 0 Å². The van der Waals surface area contributed by atoms with Gasteiger partial charge in [0.1, 0.15) is 0 Å². The van der Waals surface area contributed by atoms with Gasteiger partial charge < -0.3 is 5.32 Å². The molecule has 0 aliphatic heterocycles. The van der Waals surface area contributed by atoms with Gasteiger partial charge in [-0.2, -0.15) is 0 Å². The Morgan fingerprint density at radius 2 is 1.36 bits per heavy atom. The molecule has 0 aromatic heterocycles. The molecule has 0 aromatic rings. The highest BCUT2D eigenvalue weighted by Crippen LogP contribution is 2.25. The maximum absolute atomic E-state index is 2.93. The van der Waals surface area contributed by atoms with Crippen LogP contribution in [0.3, 0.4) is 0 Å². The zero-order valence-corrected chi connectivity index (χ0v) is 11.8. The minimum Gasteiger partial charge on any atom is -0.320 e. The van der Waals surface area contributed by atoms with Crippen molar-refractivity contribution in [2.24, 2.45) is 5.41 Å². The van der Waals surface area contributed by atoms with E-state index >= 15 is 0 Å². The van der Waals surface area contributed by atoms with Crippen LogP contribution in [-0.2, 0) is 0 Å². The summed E-state index contributed by atoms with van der Waals surface area (Å²) < 4.78 is 0. The van der Waals surface area contributed by atoms with Crippen LogP contribution in [0.4, 0.5) is 0 Å². The smallest absolute Gasteiger partial charge is 0.00804 e. The van der Waals surface area contributed by atoms with Crippen molar-refractivity contribution in [1.82, 2.24) is 5.32 Å². The maximum atomic E-state index is 2.93. The molecule has 0 heterocycles. The summed E-state index contributed by atoms with van der Waals surface area (Å²) in [6.45, 7) is 16.3. The molecule has 0 bridgehead atoms. The van der Waals surface area contributed by atoms with E-state index < -0.39 is 0 Å². The molecule has 1 nitrogen and oxygen atoms in total. The first kappa shape index (κ1) is 19.5. The molecular formula is C13H33N. The zero-order chi connectivity index (χ0) is 12.0. The summed E-state index contributed by atoms with van der Waals surface area (Å²) in [5.74, 6) is 0. The van der Waals surface area contributed by atoms with Crippen molar-refractivity contribution >= 4 is 0 Å². The summed E-state index contributed by atoms with van der Waals surface area (Å²) in [6.07, 6.45) is 3.99. The van der Waals surface area contributed by atoms with Crippen molar-refractivity contribution in [3.8, 4) is 0 Å². The van der Waals surface area contributed by atoms with Gasteiger partial charge in [0.25, 0.3) is 0 Å². The fraction of sp³-hybridized carbons (Fsp3) is 1.00. The molecule has 0 radical (unpaired) electrons. The van der Waals surface area contributed by atoms with Gasteiger partial charge in [-0.25, -0.2) is 0 Å². The van der Waals surface area contributed by atoms with Crippen molar-refractivity contribution < 1.29 is 0 Å². The summed E-state index contributed by atoms with van der Waals surface area (Å²) in [7, 11) is 1.93. The fourth-order valence-corrected chi connectivity index (χ4v) is 0.854. The standard InChI is InChI=1S/C8H18.C3H9N.C2H6/c1-5-7-8(3,4)6-2;1-3-4-2;1-2/h5-7H2,1-4H3;4H,3H2,1-2H3;1-2H3. The number of rotatable bonds is 4. The van der Waals surface area contributed by atoms with Crippen LogP contribution < -0.4 is 5.32 Å². The first-order chi connectivity index (χ1) is 6.54. The molecule has 0 fully saturated rings. The van der Waals surface area contributed by atoms with E-state index in [1.54, 1.807) is 0 Å². The van der Waals surface area contributed by atoms with Gasteiger partial charge in [-0.05, 0) is 25.4 Å². The molecular weight excluding hydrogens is 170 g/mol. The minimum absolute atomic E-state index is 0.592. The van der Waals surface area contributed by atoms with Crippen molar-refractivity contribution in [2.75, 3.05) is 13.6 Å². The highest BCUT2D eigenvalue weighted by Gasteiger charge is 2.11. The van der Waals surface area contributed by atoms with Crippen molar-refractivity contribution in [1.29, 1.82) is 0 Å². The molecule has 0 atom stereocenters. The minimum atomic E-state index is 0.592. The van der Waals surface area contributed by atoms with E-state index in [0.29, 0.717) is 5.41 Å². The third-order valence-electron chi connectivity index (χ3n) is 2.24. The Morgan fingerprint density at radius 1 is 1.00 bits per heavy atom. The van der Waals surface area contributed by atoms with Crippen LogP contribution in [0.15, 0.2) is 0 Å². The number of hydrogen-bond donors (Lipinski definition) is 1. The Labute approximate surface area is 92.7 Å². The maximum Gasteiger partial charge on any atom is -0.00804 e. The van der Waals surface area contributed by atoms with E-state index in [0.717, 1.165) is 6.54 Å². The predicted octanol–water partition coefficient (Wildman–Crippen LogP) is 4.47. The molecule has 14 heavy (non-hydrogen) atoms. The fourth-order valence-electron chi connectivity index (χ4n) is 0.854. The lowest BCUT2D eigenvalue weighted by Crippen LogP contribution is -2.07. The SMILES string of the molecule is CC.CCCC(C)(C)CC.CCNC. The van der Waals surface area contributed by atoms with E-state index in [2.05, 4.69) is 39.9 Å².